The van der Waals surface area contributed by atoms with Gasteiger partial charge in [-0.3, -0.25) is 9.59 Å². The van der Waals surface area contributed by atoms with E-state index >= 15 is 0 Å². The normalized spacial score (nSPS) is 25.3. The van der Waals surface area contributed by atoms with Crippen LogP contribution in [0, 0.1) is 24.2 Å². The second-order valence-electron chi connectivity index (χ2n) is 10.3. The van der Waals surface area contributed by atoms with Crippen LogP contribution in [0.1, 0.15) is 55.5 Å². The number of aromatic nitrogens is 3. The second kappa shape index (κ2) is 11.5. The van der Waals surface area contributed by atoms with Gasteiger partial charge < -0.3 is 19.3 Å². The van der Waals surface area contributed by atoms with Gasteiger partial charge in [0, 0.05) is 6.42 Å². The summed E-state index contributed by atoms with van der Waals surface area (Å²) in [6.07, 6.45) is 3.11. The molecule has 3 heterocycles. The minimum absolute atomic E-state index is 0.0295. The van der Waals surface area contributed by atoms with Crippen LogP contribution in [0.4, 0.5) is 0 Å². The maximum Gasteiger partial charge on any atom is 0.310 e. The highest BCUT2D eigenvalue weighted by molar-refractivity contribution is 5.73. The molecule has 0 amide bonds. The molecule has 39 heavy (non-hydrogen) atoms. The van der Waals surface area contributed by atoms with Gasteiger partial charge >= 0.3 is 11.9 Å². The summed E-state index contributed by atoms with van der Waals surface area (Å²) >= 11 is 0. The number of fused-ring (bicyclic) bond motifs is 1. The standard InChI is InChI=1S/C29H32N4O6/c1-19-22-12-13-24(33(22)32-18-31-19)29(17-30)28(36)27(38-26(35)15-21-10-6-3-7-11-21)23(39-29)16-37-25(34)14-20-8-4-2-5-9-20/h3,6-7,10-13,18,20,23,27-28,36H,2,4-5,8-9,14-16H2,1H3/t23-,27-,28-,29+/m1/s1. The molecule has 10 nitrogen and oxygen atoms in total. The molecule has 1 aliphatic carbocycles. The zero-order chi connectivity index (χ0) is 27.4. The molecule has 10 heteroatoms. The number of hydrogen-bond acceptors (Lipinski definition) is 9. The van der Waals surface area contributed by atoms with E-state index in [4.69, 9.17) is 14.2 Å². The Balaban J connectivity index is 1.39. The van der Waals surface area contributed by atoms with Gasteiger partial charge in [0.15, 0.2) is 6.10 Å². The van der Waals surface area contributed by atoms with Crippen LogP contribution in [-0.2, 0) is 35.8 Å². The first-order valence-corrected chi connectivity index (χ1v) is 13.4. The summed E-state index contributed by atoms with van der Waals surface area (Å²) in [6, 6.07) is 14.5. The smallest absolute Gasteiger partial charge is 0.310 e. The van der Waals surface area contributed by atoms with Crippen molar-refractivity contribution in [3.8, 4) is 6.07 Å². The highest BCUT2D eigenvalue weighted by Crippen LogP contribution is 2.42. The fourth-order valence-electron chi connectivity index (χ4n) is 5.60. The van der Waals surface area contributed by atoms with Crippen LogP contribution in [0.2, 0.25) is 0 Å². The second-order valence-corrected chi connectivity index (χ2v) is 10.3. The molecule has 204 valence electrons. The van der Waals surface area contributed by atoms with Crippen molar-refractivity contribution in [1.82, 2.24) is 14.6 Å². The lowest BCUT2D eigenvalue weighted by Gasteiger charge is -2.24. The Labute approximate surface area is 226 Å². The Bertz CT molecular complexity index is 1360. The largest absolute Gasteiger partial charge is 0.463 e. The van der Waals surface area contributed by atoms with Crippen LogP contribution < -0.4 is 0 Å². The van der Waals surface area contributed by atoms with E-state index in [-0.39, 0.29) is 30.6 Å². The fraction of sp³-hybridized carbons (Fsp3) is 0.483. The SMILES string of the molecule is Cc1ncnn2c([C@]3(C#N)O[C@H](COC(=O)CC4CCCCC4)[C@@H](OC(=O)Cc4ccccc4)[C@H]3O)ccc12. The maximum absolute atomic E-state index is 12.9. The van der Waals surface area contributed by atoms with E-state index in [2.05, 4.69) is 16.2 Å². The summed E-state index contributed by atoms with van der Waals surface area (Å²) in [5.74, 6) is -0.686. The monoisotopic (exact) mass is 532 g/mol. The van der Waals surface area contributed by atoms with E-state index in [1.165, 1.54) is 17.3 Å². The predicted molar refractivity (Wildman–Crippen MR) is 138 cm³/mol. The van der Waals surface area contributed by atoms with Gasteiger partial charge in [-0.05, 0) is 43.4 Å². The van der Waals surface area contributed by atoms with Gasteiger partial charge in [0.1, 0.15) is 31.2 Å². The van der Waals surface area contributed by atoms with Crippen molar-refractivity contribution in [2.75, 3.05) is 6.61 Å². The highest BCUT2D eigenvalue weighted by Gasteiger charge is 2.60. The number of nitriles is 1. The summed E-state index contributed by atoms with van der Waals surface area (Å²) in [4.78, 5) is 29.7. The van der Waals surface area contributed by atoms with Crippen LogP contribution in [0.3, 0.4) is 0 Å². The summed E-state index contributed by atoms with van der Waals surface area (Å²) in [7, 11) is 0. The van der Waals surface area contributed by atoms with Gasteiger partial charge in [-0.25, -0.2) is 9.50 Å². The summed E-state index contributed by atoms with van der Waals surface area (Å²) < 4.78 is 18.9. The van der Waals surface area contributed by atoms with Crippen LogP contribution >= 0.6 is 0 Å². The fourth-order valence-corrected chi connectivity index (χ4v) is 5.60. The minimum Gasteiger partial charge on any atom is -0.463 e. The first-order chi connectivity index (χ1) is 18.9. The Morgan fingerprint density at radius 3 is 2.67 bits per heavy atom. The molecule has 1 saturated carbocycles. The van der Waals surface area contributed by atoms with Gasteiger partial charge in [-0.15, -0.1) is 0 Å². The highest BCUT2D eigenvalue weighted by atomic mass is 16.6. The Morgan fingerprint density at radius 2 is 1.92 bits per heavy atom. The van der Waals surface area contributed by atoms with Gasteiger partial charge in [-0.2, -0.15) is 10.4 Å². The summed E-state index contributed by atoms with van der Waals surface area (Å²) in [6.45, 7) is 1.53. The third kappa shape index (κ3) is 5.51. The molecule has 0 bridgehead atoms. The third-order valence-corrected chi connectivity index (χ3v) is 7.67. The van der Waals surface area contributed by atoms with Crippen LogP contribution in [0.5, 0.6) is 0 Å². The number of carbonyl (C=O) groups excluding carboxylic acids is 2. The molecular weight excluding hydrogens is 500 g/mol. The number of nitrogens with zero attached hydrogens (tertiary/aromatic N) is 4. The average Bonchev–Trinajstić information content (AvgIpc) is 3.49. The maximum atomic E-state index is 12.9. The number of aliphatic hydroxyl groups excluding tert-OH is 1. The predicted octanol–water partition coefficient (Wildman–Crippen LogP) is 3.18. The number of esters is 2. The number of ether oxygens (including phenoxy) is 3. The third-order valence-electron chi connectivity index (χ3n) is 7.67. The number of rotatable bonds is 8. The molecule has 2 aliphatic rings. The molecule has 0 spiro atoms. The zero-order valence-electron chi connectivity index (χ0n) is 21.9. The Morgan fingerprint density at radius 1 is 1.15 bits per heavy atom. The van der Waals surface area contributed by atoms with Gasteiger partial charge in [0.2, 0.25) is 5.60 Å². The topological polar surface area (TPSA) is 136 Å². The van der Waals surface area contributed by atoms with E-state index in [0.29, 0.717) is 17.6 Å². The van der Waals surface area contributed by atoms with Crippen molar-refractivity contribution in [3.05, 3.63) is 65.7 Å². The Kier molecular flexibility index (Phi) is 7.91. The lowest BCUT2D eigenvalue weighted by Crippen LogP contribution is -2.43. The first kappa shape index (κ1) is 26.8. The number of carbonyl (C=O) groups is 2. The van der Waals surface area contributed by atoms with Crippen LogP contribution in [0.25, 0.3) is 5.52 Å². The molecule has 0 radical (unpaired) electrons. The van der Waals surface area contributed by atoms with Crippen molar-refractivity contribution in [2.24, 2.45) is 5.92 Å². The van der Waals surface area contributed by atoms with Crippen LogP contribution in [0.15, 0.2) is 48.8 Å². The molecular formula is C29H32N4O6. The van der Waals surface area contributed by atoms with Gasteiger partial charge in [0.05, 0.1) is 23.3 Å². The minimum atomic E-state index is -1.93. The number of aryl methyl sites for hydroxylation is 1. The summed E-state index contributed by atoms with van der Waals surface area (Å²) in [5, 5.41) is 26.1. The van der Waals surface area contributed by atoms with Gasteiger partial charge in [0.25, 0.3) is 0 Å². The number of benzene rings is 1. The van der Waals surface area contributed by atoms with E-state index in [1.54, 1.807) is 31.2 Å². The van der Waals surface area contributed by atoms with Crippen molar-refractivity contribution in [2.45, 2.75) is 75.8 Å². The lowest BCUT2D eigenvalue weighted by molar-refractivity contribution is -0.160. The molecule has 5 rings (SSSR count). The molecule has 1 aromatic carbocycles. The number of aliphatic hydroxyl groups is 1. The van der Waals surface area contributed by atoms with Crippen molar-refractivity contribution in [1.29, 1.82) is 5.26 Å². The lowest BCUT2D eigenvalue weighted by atomic mass is 9.87. The number of hydrogen-bond donors (Lipinski definition) is 1. The summed E-state index contributed by atoms with van der Waals surface area (Å²) in [5.41, 5.74) is 0.389. The van der Waals surface area contributed by atoms with E-state index in [1.807, 2.05) is 18.2 Å². The molecule has 2 fully saturated rings. The van der Waals surface area contributed by atoms with Crippen molar-refractivity contribution < 1.29 is 28.9 Å². The van der Waals surface area contributed by atoms with E-state index in [9.17, 15) is 20.0 Å². The van der Waals surface area contributed by atoms with Gasteiger partial charge in [-0.1, -0.05) is 49.6 Å². The molecule has 4 atom stereocenters. The zero-order valence-corrected chi connectivity index (χ0v) is 21.9. The average molecular weight is 533 g/mol. The molecule has 0 unspecified atom stereocenters. The molecule has 1 aliphatic heterocycles. The van der Waals surface area contributed by atoms with E-state index in [0.717, 1.165) is 31.2 Å². The van der Waals surface area contributed by atoms with Crippen molar-refractivity contribution in [3.63, 3.8) is 0 Å². The molecule has 2 aromatic heterocycles. The molecule has 1 N–H and O–H groups in total. The Hall–Kier alpha value is -3.81. The first-order valence-electron chi connectivity index (χ1n) is 13.4. The molecule has 1 saturated heterocycles. The van der Waals surface area contributed by atoms with E-state index < -0.39 is 29.9 Å². The van der Waals surface area contributed by atoms with Crippen LogP contribution in [-0.4, -0.2) is 56.6 Å². The van der Waals surface area contributed by atoms with Crippen molar-refractivity contribution >= 4 is 17.5 Å². The molecule has 3 aromatic rings. The quantitative estimate of drug-likeness (QED) is 0.434.